The van der Waals surface area contributed by atoms with Gasteiger partial charge in [-0.1, -0.05) is 59.8 Å². The monoisotopic (exact) mass is 401 g/mol. The number of hydrogen-bond acceptors (Lipinski definition) is 6. The van der Waals surface area contributed by atoms with Gasteiger partial charge in [0.1, 0.15) is 0 Å². The van der Waals surface area contributed by atoms with Crippen molar-refractivity contribution >= 4 is 57.1 Å². The fourth-order valence-electron chi connectivity index (χ4n) is 2.44. The minimum absolute atomic E-state index is 0.134. The van der Waals surface area contributed by atoms with Crippen molar-refractivity contribution in [3.05, 3.63) is 58.9 Å². The highest BCUT2D eigenvalue weighted by Gasteiger charge is 2.13. The molecule has 0 saturated carbocycles. The van der Waals surface area contributed by atoms with Gasteiger partial charge in [-0.05, 0) is 23.6 Å². The Morgan fingerprint density at radius 1 is 1.12 bits per heavy atom. The Morgan fingerprint density at radius 3 is 2.81 bits per heavy atom. The normalized spacial score (nSPS) is 11.0. The largest absolute Gasteiger partial charge is 0.410 e. The molecule has 0 radical (unpaired) electrons. The van der Waals surface area contributed by atoms with E-state index in [9.17, 15) is 4.79 Å². The molecule has 0 saturated heterocycles. The molecule has 0 unspecified atom stereocenters. The van der Waals surface area contributed by atoms with Gasteiger partial charge in [0.05, 0.1) is 15.0 Å². The number of fused-ring (bicyclic) bond motifs is 1. The molecular formula is C18H12ClN3O2S2. The maximum atomic E-state index is 12.3. The summed E-state index contributed by atoms with van der Waals surface area (Å²) in [5.41, 5.74) is 0.785. The molecule has 26 heavy (non-hydrogen) atoms. The smallest absolute Gasteiger partial charge is 0.277 e. The van der Waals surface area contributed by atoms with Crippen LogP contribution in [0.15, 0.2) is 64.2 Å². The summed E-state index contributed by atoms with van der Waals surface area (Å²) in [4.78, 5) is 13.1. The number of rotatable bonds is 5. The fraction of sp³-hybridized carbons (Fsp3) is 0.0556. The van der Waals surface area contributed by atoms with Gasteiger partial charge in [-0.15, -0.1) is 21.5 Å². The van der Waals surface area contributed by atoms with Gasteiger partial charge < -0.3 is 9.73 Å². The summed E-state index contributed by atoms with van der Waals surface area (Å²) in [6.07, 6.45) is 0. The van der Waals surface area contributed by atoms with Crippen LogP contribution in [0.2, 0.25) is 4.34 Å². The van der Waals surface area contributed by atoms with Gasteiger partial charge in [-0.25, -0.2) is 0 Å². The molecule has 1 amide bonds. The maximum absolute atomic E-state index is 12.3. The van der Waals surface area contributed by atoms with E-state index in [1.165, 1.54) is 23.1 Å². The van der Waals surface area contributed by atoms with Crippen LogP contribution in [0.1, 0.15) is 0 Å². The van der Waals surface area contributed by atoms with Crippen LogP contribution < -0.4 is 5.32 Å². The van der Waals surface area contributed by atoms with Crippen molar-refractivity contribution in [1.82, 2.24) is 10.2 Å². The van der Waals surface area contributed by atoms with E-state index in [4.69, 9.17) is 16.0 Å². The number of thiophene rings is 1. The second-order valence-electron chi connectivity index (χ2n) is 5.34. The van der Waals surface area contributed by atoms with Crippen LogP contribution in [0.3, 0.4) is 0 Å². The predicted molar refractivity (Wildman–Crippen MR) is 106 cm³/mol. The fourth-order valence-corrected chi connectivity index (χ4v) is 3.97. The summed E-state index contributed by atoms with van der Waals surface area (Å²) in [5, 5.41) is 13.3. The third kappa shape index (κ3) is 3.75. The van der Waals surface area contributed by atoms with Crippen molar-refractivity contribution in [3.63, 3.8) is 0 Å². The molecule has 0 aliphatic carbocycles. The molecule has 5 nitrogen and oxygen atoms in total. The van der Waals surface area contributed by atoms with Crippen molar-refractivity contribution in [3.8, 4) is 10.8 Å². The lowest BCUT2D eigenvalue weighted by atomic mass is 10.1. The van der Waals surface area contributed by atoms with E-state index >= 15 is 0 Å². The number of halogens is 1. The molecule has 2 aromatic carbocycles. The zero-order valence-corrected chi connectivity index (χ0v) is 15.7. The Kier molecular flexibility index (Phi) is 4.92. The summed E-state index contributed by atoms with van der Waals surface area (Å²) in [6.45, 7) is 0. The first-order valence-corrected chi connectivity index (χ1v) is 9.87. The third-order valence-corrected chi connectivity index (χ3v) is 5.62. The van der Waals surface area contributed by atoms with Crippen LogP contribution in [0.25, 0.3) is 21.5 Å². The molecule has 1 N–H and O–H groups in total. The first kappa shape index (κ1) is 17.1. The van der Waals surface area contributed by atoms with Gasteiger partial charge in [0, 0.05) is 11.1 Å². The number of hydrogen-bond donors (Lipinski definition) is 1. The molecule has 0 aliphatic rings. The highest BCUT2D eigenvalue weighted by atomic mass is 35.5. The van der Waals surface area contributed by atoms with Gasteiger partial charge in [0.25, 0.3) is 11.1 Å². The van der Waals surface area contributed by atoms with E-state index in [1.54, 1.807) is 6.07 Å². The van der Waals surface area contributed by atoms with Crippen LogP contribution in [-0.2, 0) is 4.79 Å². The number of carbonyl (C=O) groups is 1. The summed E-state index contributed by atoms with van der Waals surface area (Å²) in [6, 6.07) is 17.3. The van der Waals surface area contributed by atoms with Gasteiger partial charge >= 0.3 is 0 Å². The minimum atomic E-state index is -0.134. The Balaban J connectivity index is 1.40. The Bertz CT molecular complexity index is 1070. The topological polar surface area (TPSA) is 68.0 Å². The minimum Gasteiger partial charge on any atom is -0.410 e. The molecule has 0 spiro atoms. The number of carbonyl (C=O) groups excluding carboxylic acids is 1. The number of thioether (sulfide) groups is 1. The Hall–Kier alpha value is -2.35. The lowest BCUT2D eigenvalue weighted by Gasteiger charge is -2.07. The molecular weight excluding hydrogens is 390 g/mol. The zero-order chi connectivity index (χ0) is 17.9. The highest BCUT2D eigenvalue weighted by molar-refractivity contribution is 7.99. The second kappa shape index (κ2) is 7.49. The third-order valence-electron chi connectivity index (χ3n) is 3.58. The van der Waals surface area contributed by atoms with E-state index in [0.29, 0.717) is 15.4 Å². The standard InChI is InChI=1S/C18H12ClN3O2S2/c19-15-9-8-14(26-15)17-21-22-18(24-17)25-10-16(23)20-13-7-3-5-11-4-1-2-6-12(11)13/h1-9H,10H2,(H,20,23). The van der Waals surface area contributed by atoms with Gasteiger partial charge in [0.15, 0.2) is 0 Å². The van der Waals surface area contributed by atoms with Crippen LogP contribution >= 0.6 is 34.7 Å². The summed E-state index contributed by atoms with van der Waals surface area (Å²) < 4.78 is 6.22. The van der Waals surface area contributed by atoms with Crippen molar-refractivity contribution in [2.24, 2.45) is 0 Å². The van der Waals surface area contributed by atoms with Crippen molar-refractivity contribution in [2.45, 2.75) is 5.22 Å². The molecule has 130 valence electrons. The molecule has 0 aliphatic heterocycles. The zero-order valence-electron chi connectivity index (χ0n) is 13.3. The summed E-state index contributed by atoms with van der Waals surface area (Å²) in [5.74, 6) is 0.444. The molecule has 0 bridgehead atoms. The van der Waals surface area contributed by atoms with Crippen molar-refractivity contribution < 1.29 is 9.21 Å². The van der Waals surface area contributed by atoms with E-state index in [-0.39, 0.29) is 11.7 Å². The molecule has 0 atom stereocenters. The van der Waals surface area contributed by atoms with Gasteiger partial charge in [-0.2, -0.15) is 0 Å². The average Bonchev–Trinajstić information content (AvgIpc) is 3.29. The lowest BCUT2D eigenvalue weighted by molar-refractivity contribution is -0.113. The number of nitrogens with one attached hydrogen (secondary N) is 1. The lowest BCUT2D eigenvalue weighted by Crippen LogP contribution is -2.14. The van der Waals surface area contributed by atoms with Crippen LogP contribution in [0.4, 0.5) is 5.69 Å². The number of aromatic nitrogens is 2. The van der Waals surface area contributed by atoms with E-state index in [2.05, 4.69) is 15.5 Å². The summed E-state index contributed by atoms with van der Waals surface area (Å²) in [7, 11) is 0. The predicted octanol–water partition coefficient (Wildman–Crippen LogP) is 5.34. The number of benzene rings is 2. The van der Waals surface area contributed by atoms with Crippen molar-refractivity contribution in [1.29, 1.82) is 0 Å². The second-order valence-corrected chi connectivity index (χ2v) is 7.98. The van der Waals surface area contributed by atoms with Crippen molar-refractivity contribution in [2.75, 3.05) is 11.1 Å². The first-order chi connectivity index (χ1) is 12.7. The van der Waals surface area contributed by atoms with E-state index in [0.717, 1.165) is 21.3 Å². The van der Waals surface area contributed by atoms with Crippen LogP contribution in [-0.4, -0.2) is 21.9 Å². The van der Waals surface area contributed by atoms with E-state index < -0.39 is 0 Å². The molecule has 8 heteroatoms. The molecule has 4 aromatic rings. The van der Waals surface area contributed by atoms with Gasteiger partial charge in [-0.3, -0.25) is 4.79 Å². The van der Waals surface area contributed by atoms with Gasteiger partial charge in [0.2, 0.25) is 5.91 Å². The Morgan fingerprint density at radius 2 is 1.96 bits per heavy atom. The first-order valence-electron chi connectivity index (χ1n) is 7.69. The Labute approximate surface area is 162 Å². The highest BCUT2D eigenvalue weighted by Crippen LogP contribution is 2.31. The van der Waals surface area contributed by atoms with Crippen LogP contribution in [0, 0.1) is 0 Å². The number of amides is 1. The van der Waals surface area contributed by atoms with E-state index in [1.807, 2.05) is 48.5 Å². The molecule has 4 rings (SSSR count). The molecule has 2 aromatic heterocycles. The molecule has 0 fully saturated rings. The number of nitrogens with zero attached hydrogens (tertiary/aromatic N) is 2. The van der Waals surface area contributed by atoms with Crippen LogP contribution in [0.5, 0.6) is 0 Å². The number of anilines is 1. The maximum Gasteiger partial charge on any atom is 0.277 e. The SMILES string of the molecule is O=C(CSc1nnc(-c2ccc(Cl)s2)o1)Nc1cccc2ccccc12. The average molecular weight is 402 g/mol. The summed E-state index contributed by atoms with van der Waals surface area (Å²) >= 11 is 8.47. The quantitative estimate of drug-likeness (QED) is 0.457. The molecule has 2 heterocycles.